The fourth-order valence-electron chi connectivity index (χ4n) is 5.53. The molecule has 58 heavy (non-hydrogen) atoms. The number of benzene rings is 2. The quantitative estimate of drug-likeness (QED) is 0.0468. The lowest BCUT2D eigenvalue weighted by molar-refractivity contribution is -0.122. The fraction of sp³-hybridized carbons (Fsp3) is 0.513. The number of rotatable bonds is 31. The van der Waals surface area contributed by atoms with Crippen molar-refractivity contribution in [3.63, 3.8) is 0 Å². The van der Waals surface area contributed by atoms with Gasteiger partial charge in [-0.05, 0) is 29.3 Å². The highest BCUT2D eigenvalue weighted by Gasteiger charge is 2.18. The van der Waals surface area contributed by atoms with Crippen molar-refractivity contribution in [1.82, 2.24) is 30.0 Å². The van der Waals surface area contributed by atoms with Crippen molar-refractivity contribution in [3.05, 3.63) is 59.9 Å². The van der Waals surface area contributed by atoms with E-state index in [1.165, 1.54) is 6.33 Å². The number of oxazole rings is 1. The van der Waals surface area contributed by atoms with Crippen LogP contribution in [0.4, 0.5) is 11.8 Å². The smallest absolute Gasteiger partial charge is 0.292 e. The largest absolute Gasteiger partial charge is 0.424 e. The number of aliphatic hydroxyl groups excluding tert-OH is 1. The van der Waals surface area contributed by atoms with Crippen LogP contribution in [0.25, 0.3) is 33.4 Å². The van der Waals surface area contributed by atoms with E-state index in [0.29, 0.717) is 152 Å². The van der Waals surface area contributed by atoms with Crippen LogP contribution in [0.3, 0.4) is 0 Å². The van der Waals surface area contributed by atoms with E-state index < -0.39 is 0 Å². The Morgan fingerprint density at radius 3 is 1.79 bits per heavy atom. The molecule has 1 amide bonds. The second kappa shape index (κ2) is 25.5. The first-order valence-electron chi connectivity index (χ1n) is 19.2. The van der Waals surface area contributed by atoms with Gasteiger partial charge in [-0.25, -0.2) is 14.6 Å². The normalized spacial score (nSPS) is 11.6. The Labute approximate surface area is 336 Å². The number of ether oxygens (including phenoxy) is 8. The molecule has 0 aliphatic heterocycles. The van der Waals surface area contributed by atoms with Gasteiger partial charge in [0.25, 0.3) is 6.01 Å². The number of anilines is 2. The molecule has 0 aliphatic rings. The van der Waals surface area contributed by atoms with Crippen LogP contribution in [0.15, 0.2) is 53.2 Å². The summed E-state index contributed by atoms with van der Waals surface area (Å²) in [5.74, 6) is 0.225. The van der Waals surface area contributed by atoms with Gasteiger partial charge in [0.2, 0.25) is 5.91 Å². The van der Waals surface area contributed by atoms with Gasteiger partial charge in [-0.1, -0.05) is 24.3 Å². The van der Waals surface area contributed by atoms with E-state index in [0.717, 1.165) is 16.7 Å². The number of nitrogen functional groups attached to an aromatic ring is 2. The van der Waals surface area contributed by atoms with Crippen molar-refractivity contribution in [3.8, 4) is 11.3 Å². The van der Waals surface area contributed by atoms with Crippen molar-refractivity contribution in [1.29, 1.82) is 0 Å². The van der Waals surface area contributed by atoms with Crippen LogP contribution >= 0.6 is 0 Å². The maximum Gasteiger partial charge on any atom is 0.292 e. The Morgan fingerprint density at radius 2 is 1.22 bits per heavy atom. The van der Waals surface area contributed by atoms with Crippen LogP contribution in [-0.4, -0.2) is 148 Å². The van der Waals surface area contributed by atoms with Gasteiger partial charge in [-0.2, -0.15) is 10.1 Å². The highest BCUT2D eigenvalue weighted by Crippen LogP contribution is 2.32. The van der Waals surface area contributed by atoms with E-state index in [1.54, 1.807) is 10.7 Å². The van der Waals surface area contributed by atoms with Gasteiger partial charge < -0.3 is 64.2 Å². The summed E-state index contributed by atoms with van der Waals surface area (Å²) in [5, 5.41) is 17.0. The number of hydrogen-bond acceptors (Lipinski definition) is 17. The molecule has 3 heterocycles. The minimum Gasteiger partial charge on any atom is -0.424 e. The molecule has 19 nitrogen and oxygen atoms in total. The summed E-state index contributed by atoms with van der Waals surface area (Å²) in [6.07, 6.45) is 1.67. The molecule has 0 atom stereocenters. The van der Waals surface area contributed by atoms with E-state index in [9.17, 15) is 4.79 Å². The van der Waals surface area contributed by atoms with Gasteiger partial charge in [0, 0.05) is 18.5 Å². The number of carbonyl (C=O) groups excluding carboxylic acids is 1. The Bertz CT molecular complexity index is 1930. The van der Waals surface area contributed by atoms with E-state index in [2.05, 4.69) is 20.3 Å². The topological polar surface area (TPSA) is 245 Å². The number of hydrogen-bond donors (Lipinski definition) is 4. The number of nitrogens with one attached hydrogen (secondary N) is 1. The number of aliphatic hydroxyl groups is 1. The predicted molar refractivity (Wildman–Crippen MR) is 213 cm³/mol. The first-order chi connectivity index (χ1) is 28.5. The zero-order valence-electron chi connectivity index (χ0n) is 32.7. The van der Waals surface area contributed by atoms with Crippen molar-refractivity contribution in [2.75, 3.05) is 124 Å². The molecule has 2 aromatic carbocycles. The molecule has 0 saturated heterocycles. The Kier molecular flexibility index (Phi) is 19.5. The van der Waals surface area contributed by atoms with Crippen LogP contribution in [0.1, 0.15) is 17.5 Å². The Hall–Kier alpha value is -4.83. The summed E-state index contributed by atoms with van der Waals surface area (Å²) in [5.41, 5.74) is 17.2. The summed E-state index contributed by atoms with van der Waals surface area (Å²) in [6, 6.07) is 13.5. The maximum atomic E-state index is 12.4. The van der Waals surface area contributed by atoms with Gasteiger partial charge in [0.1, 0.15) is 23.4 Å². The highest BCUT2D eigenvalue weighted by molar-refractivity contribution is 5.99. The number of aromatic nitrogens is 5. The number of nitrogens with zero attached hydrogens (tertiary/aromatic N) is 5. The first-order valence-corrected chi connectivity index (χ1v) is 19.2. The molecule has 0 radical (unpaired) electrons. The SMILES string of the molecule is Nc1nc2cc(-c3nn(Cc4ccc(CNC(=O)CCOCCOCCOCCOCCOCCOCCOCCOCCO)cc4)c4ncnc(N)c34)ccc2o1. The molecule has 5 rings (SSSR count). The molecule has 0 spiro atoms. The van der Waals surface area contributed by atoms with Crippen molar-refractivity contribution < 1.29 is 52.2 Å². The van der Waals surface area contributed by atoms with E-state index in [-0.39, 0.29) is 24.9 Å². The summed E-state index contributed by atoms with van der Waals surface area (Å²) in [6.45, 7) is 7.91. The maximum absolute atomic E-state index is 12.4. The van der Waals surface area contributed by atoms with Gasteiger partial charge in [0.15, 0.2) is 11.2 Å². The molecule has 0 aliphatic carbocycles. The zero-order chi connectivity index (χ0) is 40.6. The molecule has 0 saturated carbocycles. The molecule has 5 aromatic rings. The number of carbonyl (C=O) groups is 1. The van der Waals surface area contributed by atoms with Gasteiger partial charge >= 0.3 is 0 Å². The minimum atomic E-state index is -0.101. The second-order valence-corrected chi connectivity index (χ2v) is 12.7. The summed E-state index contributed by atoms with van der Waals surface area (Å²) >= 11 is 0. The molecular formula is C39H54N8O11. The average Bonchev–Trinajstić information content (AvgIpc) is 3.80. The Balaban J connectivity index is 0.846. The monoisotopic (exact) mass is 810 g/mol. The summed E-state index contributed by atoms with van der Waals surface area (Å²) in [7, 11) is 0. The van der Waals surface area contributed by atoms with Crippen LogP contribution < -0.4 is 16.8 Å². The van der Waals surface area contributed by atoms with Gasteiger partial charge in [-0.15, -0.1) is 0 Å². The van der Waals surface area contributed by atoms with Crippen molar-refractivity contribution in [2.24, 2.45) is 0 Å². The lowest BCUT2D eigenvalue weighted by Gasteiger charge is -2.09. The van der Waals surface area contributed by atoms with Crippen molar-refractivity contribution >= 4 is 39.9 Å². The zero-order valence-corrected chi connectivity index (χ0v) is 32.7. The highest BCUT2D eigenvalue weighted by atomic mass is 16.6. The average molecular weight is 811 g/mol. The molecule has 3 aromatic heterocycles. The van der Waals surface area contributed by atoms with Crippen LogP contribution in [0.5, 0.6) is 0 Å². The molecule has 0 fully saturated rings. The van der Waals surface area contributed by atoms with E-state index in [4.69, 9.17) is 64.0 Å². The second-order valence-electron chi connectivity index (χ2n) is 12.7. The predicted octanol–water partition coefficient (Wildman–Crippen LogP) is 1.98. The molecule has 316 valence electrons. The molecular weight excluding hydrogens is 756 g/mol. The van der Waals surface area contributed by atoms with Gasteiger partial charge in [0.05, 0.1) is 124 Å². The lowest BCUT2D eigenvalue weighted by Crippen LogP contribution is -2.24. The third-order valence-electron chi connectivity index (χ3n) is 8.39. The lowest BCUT2D eigenvalue weighted by atomic mass is 10.1. The first kappa shape index (κ1) is 44.3. The third-order valence-corrected chi connectivity index (χ3v) is 8.39. The third kappa shape index (κ3) is 15.2. The molecule has 0 bridgehead atoms. The summed E-state index contributed by atoms with van der Waals surface area (Å²) < 4.78 is 50.5. The van der Waals surface area contributed by atoms with Gasteiger partial charge in [-0.3, -0.25) is 4.79 Å². The number of amides is 1. The minimum absolute atomic E-state index is 0.0138. The van der Waals surface area contributed by atoms with Crippen LogP contribution in [-0.2, 0) is 55.8 Å². The number of nitrogens with two attached hydrogens (primary N) is 2. The van der Waals surface area contributed by atoms with E-state index in [1.807, 2.05) is 36.4 Å². The van der Waals surface area contributed by atoms with Crippen LogP contribution in [0.2, 0.25) is 0 Å². The fourth-order valence-corrected chi connectivity index (χ4v) is 5.53. The van der Waals surface area contributed by atoms with Crippen molar-refractivity contribution in [2.45, 2.75) is 19.5 Å². The van der Waals surface area contributed by atoms with E-state index >= 15 is 0 Å². The molecule has 0 unspecified atom stereocenters. The molecule has 19 heteroatoms. The van der Waals surface area contributed by atoms with Crippen LogP contribution in [0, 0.1) is 0 Å². The summed E-state index contributed by atoms with van der Waals surface area (Å²) in [4.78, 5) is 25.3. The molecule has 6 N–H and O–H groups in total. The Morgan fingerprint density at radius 1 is 0.690 bits per heavy atom. The number of fused-ring (bicyclic) bond motifs is 2. The standard InChI is InChI=1S/C39H54N8O11/c40-37-35-36(31-5-6-33-32(25-31)45-39(41)58-33)46-47(38(35)44-28-43-37)27-30-3-1-29(2-4-30)26-42-34(49)7-9-50-11-13-52-15-17-54-19-21-56-23-24-57-22-20-55-18-16-53-14-12-51-10-8-48/h1-6,25,28,48H,7-24,26-27H2,(H2,41,45)(H,42,49)(H2,40,43,44).